The van der Waals surface area contributed by atoms with Crippen LogP contribution in [0.25, 0.3) is 44.4 Å². The number of nitrogens with zero attached hydrogens (tertiary/aromatic N) is 3. The Morgan fingerprint density at radius 3 is 1.65 bits per heavy atom. The molecule has 4 heteroatoms. The first-order valence-electron chi connectivity index (χ1n) is 24.6. The number of aromatic nitrogens is 1. The van der Waals surface area contributed by atoms with Crippen LogP contribution in [0.3, 0.4) is 0 Å². The Bertz CT molecular complexity index is 3520. The lowest BCUT2D eigenvalue weighted by Crippen LogP contribution is -2.57. The third-order valence-electron chi connectivity index (χ3n) is 16.2. The summed E-state index contributed by atoms with van der Waals surface area (Å²) in [6, 6.07) is 65.1. The normalized spacial score (nSPS) is 15.4. The van der Waals surface area contributed by atoms with Crippen LogP contribution in [0.2, 0.25) is 0 Å². The zero-order valence-electron chi connectivity index (χ0n) is 41.1. The second kappa shape index (κ2) is 13.8. The maximum absolute atomic E-state index is 2.80. The number of benzene rings is 8. The first-order valence-corrected chi connectivity index (χ1v) is 24.6. The highest BCUT2D eigenvalue weighted by atomic mass is 15.2. The molecule has 2 aliphatic carbocycles. The Hall–Kier alpha value is -7.04. The van der Waals surface area contributed by atoms with Gasteiger partial charge in [0.15, 0.2) is 0 Å². The van der Waals surface area contributed by atoms with Gasteiger partial charge in [0.2, 0.25) is 0 Å². The Kier molecular flexibility index (Phi) is 8.35. The van der Waals surface area contributed by atoms with Crippen LogP contribution in [0.15, 0.2) is 170 Å². The van der Waals surface area contributed by atoms with Gasteiger partial charge in [0.05, 0.1) is 0 Å². The van der Waals surface area contributed by atoms with Crippen LogP contribution in [0.1, 0.15) is 103 Å². The Labute approximate surface area is 402 Å². The molecule has 9 aromatic rings. The Morgan fingerprint density at radius 2 is 1.01 bits per heavy atom. The van der Waals surface area contributed by atoms with Crippen molar-refractivity contribution in [2.24, 2.45) is 0 Å². The summed E-state index contributed by atoms with van der Waals surface area (Å²) in [6.45, 7) is 23.5. The van der Waals surface area contributed by atoms with Crippen molar-refractivity contribution in [1.82, 2.24) is 4.48 Å². The predicted molar refractivity (Wildman–Crippen MR) is 290 cm³/mol. The highest BCUT2D eigenvalue weighted by Gasteiger charge is 2.51. The molecule has 0 bridgehead atoms. The van der Waals surface area contributed by atoms with Crippen molar-refractivity contribution >= 4 is 62.8 Å². The molecule has 0 saturated carbocycles. The second-order valence-electron chi connectivity index (χ2n) is 23.0. The van der Waals surface area contributed by atoms with E-state index in [1.54, 1.807) is 0 Å². The standard InChI is InChI=1S/C64H58BN3/c1-61(2,3)39-27-31-42(32-28-39)66(43-33-29-40(30-34-43)62(4,5)6)44-35-36-53-52(37-44)65-58-54(67(53)41-19-12-11-13-20-41)38-49-45-21-14-16-25-50(45)63(7,8)56(49)55(58)47-23-18-24-48-57-60(68(65)59(47)48)46-22-15-17-26-51(46)64(57,9)10/h11-38H,1-10H3. The molecule has 3 nitrogen and oxygen atoms in total. The van der Waals surface area contributed by atoms with E-state index in [9.17, 15) is 0 Å². The smallest absolute Gasteiger partial charge is 0.333 e. The summed E-state index contributed by atoms with van der Waals surface area (Å²) in [5.41, 5.74) is 27.2. The van der Waals surface area contributed by atoms with Crippen molar-refractivity contribution in [2.75, 3.05) is 9.80 Å². The van der Waals surface area contributed by atoms with E-state index in [1.807, 2.05) is 0 Å². The summed E-state index contributed by atoms with van der Waals surface area (Å²) < 4.78 is 2.80. The van der Waals surface area contributed by atoms with Gasteiger partial charge in [-0.25, -0.2) is 0 Å². The summed E-state index contributed by atoms with van der Waals surface area (Å²) in [5.74, 6) is 0. The fourth-order valence-electron chi connectivity index (χ4n) is 13.0. The van der Waals surface area contributed by atoms with Crippen LogP contribution < -0.4 is 20.7 Å². The lowest BCUT2D eigenvalue weighted by molar-refractivity contribution is 0.590. The topological polar surface area (TPSA) is 11.4 Å². The monoisotopic (exact) mass is 879 g/mol. The number of hydrogen-bond donors (Lipinski definition) is 0. The van der Waals surface area contributed by atoms with Gasteiger partial charge in [-0.2, -0.15) is 0 Å². The molecular formula is C64H58BN3. The van der Waals surface area contributed by atoms with E-state index in [0.717, 1.165) is 22.7 Å². The van der Waals surface area contributed by atoms with Crippen LogP contribution in [0.5, 0.6) is 0 Å². The van der Waals surface area contributed by atoms with E-state index in [2.05, 4.69) is 253 Å². The average molecular weight is 880 g/mol. The molecule has 0 amide bonds. The van der Waals surface area contributed by atoms with E-state index in [4.69, 9.17) is 0 Å². The van der Waals surface area contributed by atoms with Crippen molar-refractivity contribution in [1.29, 1.82) is 0 Å². The van der Waals surface area contributed by atoms with Crippen molar-refractivity contribution in [3.05, 3.63) is 203 Å². The molecule has 0 saturated heterocycles. The molecule has 4 aliphatic rings. The third kappa shape index (κ3) is 5.49. The molecule has 1 aromatic heterocycles. The van der Waals surface area contributed by atoms with Crippen molar-refractivity contribution in [3.63, 3.8) is 0 Å². The molecule has 0 atom stereocenters. The van der Waals surface area contributed by atoms with Crippen molar-refractivity contribution in [3.8, 4) is 33.5 Å². The molecule has 8 aromatic carbocycles. The molecule has 0 fully saturated rings. The zero-order valence-corrected chi connectivity index (χ0v) is 41.1. The molecule has 68 heavy (non-hydrogen) atoms. The minimum absolute atomic E-state index is 0.0401. The molecule has 0 radical (unpaired) electrons. The number of rotatable bonds is 4. The van der Waals surface area contributed by atoms with Gasteiger partial charge in [0.1, 0.15) is 0 Å². The van der Waals surface area contributed by atoms with E-state index in [0.29, 0.717) is 0 Å². The van der Waals surface area contributed by atoms with Gasteiger partial charge in [-0.1, -0.05) is 178 Å². The molecule has 0 N–H and O–H groups in total. The number of hydrogen-bond acceptors (Lipinski definition) is 2. The van der Waals surface area contributed by atoms with Gasteiger partial charge in [0.25, 0.3) is 0 Å². The lowest BCUT2D eigenvalue weighted by Gasteiger charge is -2.43. The molecule has 0 spiro atoms. The maximum Gasteiger partial charge on any atom is 0.333 e. The number of para-hydroxylation sites is 2. The summed E-state index contributed by atoms with van der Waals surface area (Å²) in [6.07, 6.45) is 0. The van der Waals surface area contributed by atoms with Gasteiger partial charge >= 0.3 is 6.85 Å². The lowest BCUT2D eigenvalue weighted by atomic mass is 9.44. The predicted octanol–water partition coefficient (Wildman–Crippen LogP) is 15.7. The third-order valence-corrected chi connectivity index (χ3v) is 16.2. The Balaban J connectivity index is 1.16. The first kappa shape index (κ1) is 41.2. The molecule has 3 heterocycles. The SMILES string of the molecule is CC(C)(C)c1ccc(N(c2ccc(C(C)(C)C)cc2)c2ccc3c(c2)B2c4c(cc5c(c4-c4cccc6c7c(n2c46)-c2ccccc2C7(C)C)C(C)(C)c2ccccc2-5)N3c2ccccc2)cc1. The summed E-state index contributed by atoms with van der Waals surface area (Å²) >= 11 is 0. The van der Waals surface area contributed by atoms with Crippen molar-refractivity contribution in [2.45, 2.75) is 90.9 Å². The quantitative estimate of drug-likeness (QED) is 0.163. The van der Waals surface area contributed by atoms with E-state index in [-0.39, 0.29) is 28.5 Å². The van der Waals surface area contributed by atoms with E-state index < -0.39 is 0 Å². The minimum atomic E-state index is -0.221. The van der Waals surface area contributed by atoms with Gasteiger partial charge < -0.3 is 14.3 Å². The fourth-order valence-corrected chi connectivity index (χ4v) is 13.0. The summed E-state index contributed by atoms with van der Waals surface area (Å²) in [5, 5.41) is 1.36. The van der Waals surface area contributed by atoms with Gasteiger partial charge in [-0.15, -0.1) is 0 Å². The first-order chi connectivity index (χ1) is 32.5. The number of anilines is 6. The summed E-state index contributed by atoms with van der Waals surface area (Å²) in [4.78, 5) is 5.06. The van der Waals surface area contributed by atoms with Crippen LogP contribution in [0, 0.1) is 0 Å². The largest absolute Gasteiger partial charge is 0.375 e. The Morgan fingerprint density at radius 1 is 0.471 bits per heavy atom. The minimum Gasteiger partial charge on any atom is -0.375 e. The highest BCUT2D eigenvalue weighted by molar-refractivity contribution is 6.90. The molecule has 332 valence electrons. The van der Waals surface area contributed by atoms with Gasteiger partial charge in [-0.05, 0) is 132 Å². The second-order valence-corrected chi connectivity index (χ2v) is 23.0. The van der Waals surface area contributed by atoms with Gasteiger partial charge in [-0.3, -0.25) is 0 Å². The van der Waals surface area contributed by atoms with Crippen LogP contribution in [-0.4, -0.2) is 11.3 Å². The van der Waals surface area contributed by atoms with Crippen LogP contribution in [0.4, 0.5) is 34.1 Å². The van der Waals surface area contributed by atoms with Gasteiger partial charge in [0, 0.05) is 72.7 Å². The van der Waals surface area contributed by atoms with Crippen LogP contribution in [-0.2, 0) is 21.7 Å². The molecule has 2 aliphatic heterocycles. The fraction of sp³-hybridized carbons (Fsp3) is 0.219. The number of fused-ring (bicyclic) bond motifs is 13. The molecular weight excluding hydrogens is 822 g/mol. The van der Waals surface area contributed by atoms with Crippen LogP contribution >= 0.6 is 0 Å². The van der Waals surface area contributed by atoms with E-state index >= 15 is 0 Å². The maximum atomic E-state index is 2.80. The summed E-state index contributed by atoms with van der Waals surface area (Å²) in [7, 11) is 0. The van der Waals surface area contributed by atoms with Crippen molar-refractivity contribution < 1.29 is 0 Å². The zero-order chi connectivity index (χ0) is 46.8. The molecule has 0 unspecified atom stereocenters. The molecule has 13 rings (SSSR count). The highest BCUT2D eigenvalue weighted by Crippen LogP contribution is 2.60. The average Bonchev–Trinajstić information content (AvgIpc) is 3.89. The van der Waals surface area contributed by atoms with E-state index in [1.165, 1.54) is 100 Å².